The highest BCUT2D eigenvalue weighted by Crippen LogP contribution is 2.41. The second-order valence-electron chi connectivity index (χ2n) is 16.4. The molecule has 5 nitrogen and oxygen atoms in total. The summed E-state index contributed by atoms with van der Waals surface area (Å²) in [4.78, 5) is 15.4. The van der Waals surface area contributed by atoms with Gasteiger partial charge in [0.05, 0.1) is 22.1 Å². The van der Waals surface area contributed by atoms with Crippen molar-refractivity contribution in [1.29, 1.82) is 0 Å². The van der Waals surface area contributed by atoms with E-state index in [-0.39, 0.29) is 0 Å². The maximum Gasteiger partial charge on any atom is 0.164 e. The summed E-state index contributed by atoms with van der Waals surface area (Å²) in [6.07, 6.45) is 6.52. The summed E-state index contributed by atoms with van der Waals surface area (Å²) in [7, 11) is 0. The lowest BCUT2D eigenvalue weighted by Crippen LogP contribution is -2.02. The van der Waals surface area contributed by atoms with E-state index in [1.54, 1.807) is 0 Å². The predicted octanol–water partition coefficient (Wildman–Crippen LogP) is 14.3. The lowest BCUT2D eigenvalue weighted by Gasteiger charge is -2.14. The maximum absolute atomic E-state index is 5.20. The van der Waals surface area contributed by atoms with Gasteiger partial charge in [-0.3, -0.25) is 0 Å². The minimum atomic E-state index is 0.658. The Labute approximate surface area is 357 Å². The molecule has 0 unspecified atom stereocenters. The normalized spacial score (nSPS) is 12.6. The van der Waals surface area contributed by atoms with E-state index in [1.165, 1.54) is 60.0 Å². The molecular formula is C57H37N5. The van der Waals surface area contributed by atoms with Gasteiger partial charge < -0.3 is 9.13 Å². The van der Waals surface area contributed by atoms with Crippen molar-refractivity contribution in [2.24, 2.45) is 0 Å². The van der Waals surface area contributed by atoms with Crippen molar-refractivity contribution < 1.29 is 0 Å². The second-order valence-corrected chi connectivity index (χ2v) is 16.4. The molecule has 5 heteroatoms. The van der Waals surface area contributed by atoms with Gasteiger partial charge in [0, 0.05) is 49.6 Å². The van der Waals surface area contributed by atoms with Crippen LogP contribution in [0.4, 0.5) is 0 Å². The van der Waals surface area contributed by atoms with Crippen LogP contribution in [0.5, 0.6) is 0 Å². The molecule has 1 aliphatic carbocycles. The fraction of sp³-hybridized carbons (Fsp3) is 0.0351. The molecule has 1 aliphatic rings. The number of hydrogen-bond donors (Lipinski definition) is 0. The third-order valence-electron chi connectivity index (χ3n) is 12.7. The standard InChI is InChI=1S/C57H37N5/c1-3-15-37(16-4-1)55-58-56(42-27-26-36-14-7-8-17-38(36)30-42)60-57(59-55)47-24-13-20-41-31-44(28-29-45(41)47)62-51-25-12-11-23-46(51)49-34-50-48-32-39-18-9-10-19-40(39)33-52(48)61(54(50)35-53(49)62)43-21-5-2-6-22-43/h1-7,9-16,18-35H,8,17H2. The Morgan fingerprint density at radius 3 is 1.89 bits per heavy atom. The van der Waals surface area contributed by atoms with Gasteiger partial charge in [0.15, 0.2) is 17.5 Å². The Kier molecular flexibility index (Phi) is 7.66. The van der Waals surface area contributed by atoms with Crippen molar-refractivity contribution in [3.8, 4) is 45.5 Å². The molecule has 9 aromatic carbocycles. The van der Waals surface area contributed by atoms with E-state index >= 15 is 0 Å². The van der Waals surface area contributed by atoms with E-state index in [9.17, 15) is 0 Å². The third-order valence-corrected chi connectivity index (χ3v) is 12.7. The molecule has 3 heterocycles. The topological polar surface area (TPSA) is 48.5 Å². The monoisotopic (exact) mass is 791 g/mol. The second kappa shape index (κ2) is 13.7. The first-order chi connectivity index (χ1) is 30.7. The van der Waals surface area contributed by atoms with Gasteiger partial charge in [0.1, 0.15) is 0 Å². The van der Waals surface area contributed by atoms with Crippen molar-refractivity contribution in [2.75, 3.05) is 0 Å². The molecule has 12 aromatic rings. The fourth-order valence-electron chi connectivity index (χ4n) is 9.82. The first-order valence-electron chi connectivity index (χ1n) is 21.3. The number of para-hydroxylation sites is 2. The van der Waals surface area contributed by atoms with Crippen LogP contribution < -0.4 is 0 Å². The van der Waals surface area contributed by atoms with Gasteiger partial charge in [0.2, 0.25) is 0 Å². The molecule has 0 spiro atoms. The van der Waals surface area contributed by atoms with Gasteiger partial charge in [-0.05, 0) is 106 Å². The van der Waals surface area contributed by atoms with Crippen LogP contribution in [0.15, 0.2) is 194 Å². The lowest BCUT2D eigenvalue weighted by molar-refractivity contribution is 0.984. The third kappa shape index (κ3) is 5.45. The van der Waals surface area contributed by atoms with Gasteiger partial charge in [-0.1, -0.05) is 140 Å². The molecular weight excluding hydrogens is 755 g/mol. The van der Waals surface area contributed by atoms with Crippen LogP contribution in [0.25, 0.3) is 117 Å². The molecule has 0 N–H and O–H groups in total. The van der Waals surface area contributed by atoms with Crippen molar-refractivity contribution in [1.82, 2.24) is 24.1 Å². The van der Waals surface area contributed by atoms with E-state index in [4.69, 9.17) is 15.0 Å². The molecule has 3 aromatic heterocycles. The summed E-state index contributed by atoms with van der Waals surface area (Å²) in [6.45, 7) is 0. The molecule has 62 heavy (non-hydrogen) atoms. The Balaban J connectivity index is 1.01. The minimum Gasteiger partial charge on any atom is -0.309 e. The number of fused-ring (bicyclic) bond motifs is 9. The van der Waals surface area contributed by atoms with Crippen LogP contribution in [0, 0.1) is 0 Å². The lowest BCUT2D eigenvalue weighted by atomic mass is 9.95. The molecule has 0 saturated carbocycles. The average Bonchev–Trinajstić information content (AvgIpc) is 3.83. The Morgan fingerprint density at radius 2 is 1.03 bits per heavy atom. The van der Waals surface area contributed by atoms with Crippen molar-refractivity contribution >= 4 is 71.2 Å². The van der Waals surface area contributed by atoms with Gasteiger partial charge in [0.25, 0.3) is 0 Å². The number of allylic oxidation sites excluding steroid dienone is 1. The number of aryl methyl sites for hydroxylation is 1. The van der Waals surface area contributed by atoms with Crippen LogP contribution in [0.3, 0.4) is 0 Å². The Bertz CT molecular complexity index is 3800. The molecule has 0 bridgehead atoms. The summed E-state index contributed by atoms with van der Waals surface area (Å²) < 4.78 is 4.86. The van der Waals surface area contributed by atoms with Crippen LogP contribution >= 0.6 is 0 Å². The van der Waals surface area contributed by atoms with E-state index in [0.29, 0.717) is 17.5 Å². The fourth-order valence-corrected chi connectivity index (χ4v) is 9.82. The number of hydrogen-bond acceptors (Lipinski definition) is 3. The maximum atomic E-state index is 5.20. The largest absolute Gasteiger partial charge is 0.309 e. The first kappa shape index (κ1) is 34.7. The highest BCUT2D eigenvalue weighted by molar-refractivity contribution is 6.21. The van der Waals surface area contributed by atoms with E-state index < -0.39 is 0 Å². The molecule has 290 valence electrons. The molecule has 0 atom stereocenters. The van der Waals surface area contributed by atoms with E-state index in [1.807, 2.05) is 18.2 Å². The van der Waals surface area contributed by atoms with Crippen LogP contribution in [0.1, 0.15) is 17.5 Å². The minimum absolute atomic E-state index is 0.658. The van der Waals surface area contributed by atoms with Gasteiger partial charge in [-0.15, -0.1) is 0 Å². The van der Waals surface area contributed by atoms with Gasteiger partial charge in [-0.25, -0.2) is 15.0 Å². The highest BCUT2D eigenvalue weighted by Gasteiger charge is 2.21. The summed E-state index contributed by atoms with van der Waals surface area (Å²) in [6, 6.07) is 67.8. The number of benzene rings is 9. The van der Waals surface area contributed by atoms with Crippen molar-refractivity contribution in [2.45, 2.75) is 12.8 Å². The molecule has 0 saturated heterocycles. The Hall–Kier alpha value is -8.15. The number of nitrogens with zero attached hydrogens (tertiary/aromatic N) is 5. The smallest absolute Gasteiger partial charge is 0.164 e. The predicted molar refractivity (Wildman–Crippen MR) is 257 cm³/mol. The zero-order chi connectivity index (χ0) is 40.7. The number of rotatable bonds is 5. The highest BCUT2D eigenvalue weighted by atomic mass is 15.0. The molecule has 0 radical (unpaired) electrons. The zero-order valence-corrected chi connectivity index (χ0v) is 33.7. The molecule has 13 rings (SSSR count). The number of aromatic nitrogens is 5. The van der Waals surface area contributed by atoms with E-state index in [2.05, 4.69) is 191 Å². The molecule has 0 aliphatic heterocycles. The summed E-state index contributed by atoms with van der Waals surface area (Å²) in [5.41, 5.74) is 12.5. The summed E-state index contributed by atoms with van der Waals surface area (Å²) in [5, 5.41) is 9.62. The first-order valence-corrected chi connectivity index (χ1v) is 21.3. The van der Waals surface area contributed by atoms with Crippen LogP contribution in [-0.4, -0.2) is 24.1 Å². The SMILES string of the molecule is C1=Cc2ccc(-c3nc(-c4ccccc4)nc(-c4cccc5cc(-n6c7ccccc7c7cc8c9cc%10ccccc%10cc9n(-c9ccccc9)c8cc76)ccc45)n3)cc2CC1. The van der Waals surface area contributed by atoms with E-state index in [0.717, 1.165) is 57.2 Å². The zero-order valence-electron chi connectivity index (χ0n) is 33.7. The average molecular weight is 792 g/mol. The summed E-state index contributed by atoms with van der Waals surface area (Å²) >= 11 is 0. The van der Waals surface area contributed by atoms with Crippen LogP contribution in [-0.2, 0) is 6.42 Å². The molecule has 0 amide bonds. The molecule has 0 fully saturated rings. The summed E-state index contributed by atoms with van der Waals surface area (Å²) in [5.74, 6) is 2.00. The van der Waals surface area contributed by atoms with Gasteiger partial charge >= 0.3 is 0 Å². The van der Waals surface area contributed by atoms with Gasteiger partial charge in [-0.2, -0.15) is 0 Å². The Morgan fingerprint density at radius 1 is 0.371 bits per heavy atom. The quantitative estimate of drug-likeness (QED) is 0.174. The van der Waals surface area contributed by atoms with Crippen molar-refractivity contribution in [3.05, 3.63) is 205 Å². The van der Waals surface area contributed by atoms with Crippen LogP contribution in [0.2, 0.25) is 0 Å². The van der Waals surface area contributed by atoms with Crippen molar-refractivity contribution in [3.63, 3.8) is 0 Å².